The van der Waals surface area contributed by atoms with E-state index in [1.54, 1.807) is 0 Å². The van der Waals surface area contributed by atoms with Crippen LogP contribution in [-0.2, 0) is 5.41 Å². The predicted molar refractivity (Wildman–Crippen MR) is 98.9 cm³/mol. The molecule has 2 aromatic carbocycles. The van der Waals surface area contributed by atoms with E-state index < -0.39 is 0 Å². The average Bonchev–Trinajstić information content (AvgIpc) is 2.53. The van der Waals surface area contributed by atoms with Gasteiger partial charge in [-0.05, 0) is 48.6 Å². The summed E-state index contributed by atoms with van der Waals surface area (Å²) < 4.78 is 5.70. The molecule has 0 radical (unpaired) electrons. The Morgan fingerprint density at radius 3 is 2.33 bits per heavy atom. The lowest BCUT2D eigenvalue weighted by Gasteiger charge is -2.19. The van der Waals surface area contributed by atoms with Crippen LogP contribution < -0.4 is 10.1 Å². The Hall–Kier alpha value is -2.29. The molecule has 0 aliphatic carbocycles. The van der Waals surface area contributed by atoms with Crippen LogP contribution in [0.15, 0.2) is 42.5 Å². The molecule has 24 heavy (non-hydrogen) atoms. The van der Waals surface area contributed by atoms with Crippen molar-refractivity contribution in [3.05, 3.63) is 64.7 Å². The summed E-state index contributed by atoms with van der Waals surface area (Å²) in [5, 5.41) is 2.91. The van der Waals surface area contributed by atoms with Crippen LogP contribution in [0.5, 0.6) is 5.75 Å². The Labute approximate surface area is 145 Å². The van der Waals surface area contributed by atoms with Crippen LogP contribution in [0.2, 0.25) is 0 Å². The molecule has 0 saturated carbocycles. The van der Waals surface area contributed by atoms with Crippen molar-refractivity contribution in [1.82, 2.24) is 5.32 Å². The van der Waals surface area contributed by atoms with E-state index in [2.05, 4.69) is 38.2 Å². The summed E-state index contributed by atoms with van der Waals surface area (Å²) in [5.41, 5.74) is 4.21. The molecule has 2 rings (SSSR count). The van der Waals surface area contributed by atoms with Gasteiger partial charge >= 0.3 is 0 Å². The Morgan fingerprint density at radius 2 is 1.71 bits per heavy atom. The first-order valence-corrected chi connectivity index (χ1v) is 8.36. The molecule has 0 atom stereocenters. The average molecular weight is 325 g/mol. The summed E-state index contributed by atoms with van der Waals surface area (Å²) in [6, 6.07) is 14.0. The second-order valence-corrected chi connectivity index (χ2v) is 7.20. The lowest BCUT2D eigenvalue weighted by molar-refractivity contribution is 0.0946. The van der Waals surface area contributed by atoms with Gasteiger partial charge in [-0.25, -0.2) is 0 Å². The molecule has 3 heteroatoms. The van der Waals surface area contributed by atoms with E-state index >= 15 is 0 Å². The van der Waals surface area contributed by atoms with Crippen molar-refractivity contribution in [2.24, 2.45) is 0 Å². The smallest absolute Gasteiger partial charge is 0.251 e. The highest BCUT2D eigenvalue weighted by Crippen LogP contribution is 2.24. The molecule has 0 unspecified atom stereocenters. The molecule has 0 fully saturated rings. The van der Waals surface area contributed by atoms with Gasteiger partial charge in [0.15, 0.2) is 0 Å². The van der Waals surface area contributed by atoms with Crippen molar-refractivity contribution in [2.45, 2.75) is 40.0 Å². The highest BCUT2D eigenvalue weighted by molar-refractivity contribution is 5.95. The van der Waals surface area contributed by atoms with Crippen molar-refractivity contribution < 1.29 is 9.53 Å². The van der Waals surface area contributed by atoms with Crippen molar-refractivity contribution >= 4 is 5.91 Å². The third-order valence-electron chi connectivity index (χ3n) is 4.01. The summed E-state index contributed by atoms with van der Waals surface area (Å²) in [6.45, 7) is 11.4. The second-order valence-electron chi connectivity index (χ2n) is 7.20. The fourth-order valence-corrected chi connectivity index (χ4v) is 2.46. The molecular formula is C21H27NO2. The SMILES string of the molecule is Cc1ccc(C)c(C(=O)NCCOc2ccc(C(C)(C)C)cc2)c1. The normalized spacial score (nSPS) is 11.2. The first-order valence-electron chi connectivity index (χ1n) is 8.36. The number of rotatable bonds is 5. The first-order chi connectivity index (χ1) is 11.3. The number of hydrogen-bond donors (Lipinski definition) is 1. The largest absolute Gasteiger partial charge is 0.492 e. The van der Waals surface area contributed by atoms with Crippen LogP contribution in [0.4, 0.5) is 0 Å². The minimum atomic E-state index is -0.0529. The van der Waals surface area contributed by atoms with Crippen LogP contribution in [-0.4, -0.2) is 19.1 Å². The lowest BCUT2D eigenvalue weighted by atomic mass is 9.87. The highest BCUT2D eigenvalue weighted by atomic mass is 16.5. The monoisotopic (exact) mass is 325 g/mol. The molecule has 2 aromatic rings. The van der Waals surface area contributed by atoms with Gasteiger partial charge in [0.25, 0.3) is 5.91 Å². The quantitative estimate of drug-likeness (QED) is 0.827. The Balaban J connectivity index is 1.82. The number of hydrogen-bond acceptors (Lipinski definition) is 2. The Morgan fingerprint density at radius 1 is 1.04 bits per heavy atom. The van der Waals surface area contributed by atoms with Crippen molar-refractivity contribution in [1.29, 1.82) is 0 Å². The molecule has 1 amide bonds. The fourth-order valence-electron chi connectivity index (χ4n) is 2.46. The van der Waals surface area contributed by atoms with Gasteiger partial charge in [0.1, 0.15) is 12.4 Å². The topological polar surface area (TPSA) is 38.3 Å². The summed E-state index contributed by atoms with van der Waals surface area (Å²) >= 11 is 0. The van der Waals surface area contributed by atoms with Crippen molar-refractivity contribution in [2.75, 3.05) is 13.2 Å². The molecule has 0 bridgehead atoms. The maximum atomic E-state index is 12.2. The molecule has 0 saturated heterocycles. The maximum Gasteiger partial charge on any atom is 0.251 e. The summed E-state index contributed by atoms with van der Waals surface area (Å²) in [7, 11) is 0. The first kappa shape index (κ1) is 18.1. The molecule has 1 N–H and O–H groups in total. The predicted octanol–water partition coefficient (Wildman–Crippen LogP) is 4.41. The number of carbonyl (C=O) groups excluding carboxylic acids is 1. The molecule has 0 aromatic heterocycles. The number of amides is 1. The summed E-state index contributed by atoms with van der Waals surface area (Å²) in [5.74, 6) is 0.770. The minimum Gasteiger partial charge on any atom is -0.492 e. The van der Waals surface area contributed by atoms with Crippen LogP contribution >= 0.6 is 0 Å². The van der Waals surface area contributed by atoms with Gasteiger partial charge in [0.2, 0.25) is 0 Å². The van der Waals surface area contributed by atoms with E-state index in [-0.39, 0.29) is 11.3 Å². The van der Waals surface area contributed by atoms with Gasteiger partial charge in [-0.15, -0.1) is 0 Å². The van der Waals surface area contributed by atoms with Gasteiger partial charge in [0, 0.05) is 5.56 Å². The third kappa shape index (κ3) is 4.85. The number of carbonyl (C=O) groups is 1. The van der Waals surface area contributed by atoms with Crippen molar-refractivity contribution in [3.8, 4) is 5.75 Å². The molecular weight excluding hydrogens is 298 g/mol. The zero-order valence-electron chi connectivity index (χ0n) is 15.3. The highest BCUT2D eigenvalue weighted by Gasteiger charge is 2.13. The Kier molecular flexibility index (Phi) is 5.66. The van der Waals surface area contributed by atoms with Gasteiger partial charge < -0.3 is 10.1 Å². The molecule has 0 heterocycles. The van der Waals surface area contributed by atoms with E-state index in [1.165, 1.54) is 5.56 Å². The van der Waals surface area contributed by atoms with E-state index in [0.717, 1.165) is 22.4 Å². The van der Waals surface area contributed by atoms with Gasteiger partial charge in [-0.2, -0.15) is 0 Å². The van der Waals surface area contributed by atoms with Crippen LogP contribution in [0.3, 0.4) is 0 Å². The number of aryl methyl sites for hydroxylation is 2. The number of benzene rings is 2. The summed E-state index contributed by atoms with van der Waals surface area (Å²) in [6.07, 6.45) is 0. The van der Waals surface area contributed by atoms with E-state index in [4.69, 9.17) is 4.74 Å². The second kappa shape index (κ2) is 7.52. The lowest BCUT2D eigenvalue weighted by Crippen LogP contribution is -2.28. The molecule has 0 spiro atoms. The van der Waals surface area contributed by atoms with Crippen LogP contribution in [0.1, 0.15) is 47.8 Å². The third-order valence-corrected chi connectivity index (χ3v) is 4.01. The standard InChI is InChI=1S/C21H27NO2/c1-15-6-7-16(2)19(14-15)20(23)22-12-13-24-18-10-8-17(9-11-18)21(3,4)5/h6-11,14H,12-13H2,1-5H3,(H,22,23). The van der Waals surface area contributed by atoms with E-state index in [9.17, 15) is 4.79 Å². The number of ether oxygens (including phenoxy) is 1. The van der Waals surface area contributed by atoms with Crippen LogP contribution in [0, 0.1) is 13.8 Å². The number of nitrogens with one attached hydrogen (secondary N) is 1. The Bertz CT molecular complexity index is 697. The molecule has 128 valence electrons. The zero-order valence-corrected chi connectivity index (χ0v) is 15.3. The van der Waals surface area contributed by atoms with E-state index in [1.807, 2.05) is 44.2 Å². The molecule has 0 aliphatic heterocycles. The zero-order chi connectivity index (χ0) is 17.7. The van der Waals surface area contributed by atoms with Gasteiger partial charge in [0.05, 0.1) is 6.54 Å². The fraction of sp³-hybridized carbons (Fsp3) is 0.381. The van der Waals surface area contributed by atoms with Crippen LogP contribution in [0.25, 0.3) is 0 Å². The molecule has 3 nitrogen and oxygen atoms in total. The minimum absolute atomic E-state index is 0.0529. The van der Waals surface area contributed by atoms with Gasteiger partial charge in [-0.1, -0.05) is 50.6 Å². The van der Waals surface area contributed by atoms with Crippen molar-refractivity contribution in [3.63, 3.8) is 0 Å². The van der Waals surface area contributed by atoms with Gasteiger partial charge in [-0.3, -0.25) is 4.79 Å². The molecule has 0 aliphatic rings. The van der Waals surface area contributed by atoms with E-state index in [0.29, 0.717) is 13.2 Å². The maximum absolute atomic E-state index is 12.2. The summed E-state index contributed by atoms with van der Waals surface area (Å²) in [4.78, 5) is 12.2.